The SMILES string of the molecule is CCN(CC)[C@H](CNC(=O)COc1ccc(OC)cc1)c1ccccc1Cl. The molecule has 1 N–H and O–H groups in total. The van der Waals surface area contributed by atoms with E-state index >= 15 is 0 Å². The van der Waals surface area contributed by atoms with Crippen molar-refractivity contribution in [2.75, 3.05) is 33.4 Å². The number of likely N-dealkylation sites (N-methyl/N-ethyl adjacent to an activating group) is 1. The highest BCUT2D eigenvalue weighted by atomic mass is 35.5. The quantitative estimate of drug-likeness (QED) is 0.667. The molecule has 0 spiro atoms. The van der Waals surface area contributed by atoms with Crippen molar-refractivity contribution < 1.29 is 14.3 Å². The first-order valence-corrected chi connectivity index (χ1v) is 9.48. The Morgan fingerprint density at radius 2 is 1.70 bits per heavy atom. The molecule has 0 radical (unpaired) electrons. The van der Waals surface area contributed by atoms with Crippen LogP contribution in [0.25, 0.3) is 0 Å². The van der Waals surface area contributed by atoms with Gasteiger partial charge in [-0.25, -0.2) is 0 Å². The average Bonchev–Trinajstić information content (AvgIpc) is 2.70. The van der Waals surface area contributed by atoms with Crippen LogP contribution in [0.4, 0.5) is 0 Å². The van der Waals surface area contributed by atoms with Crippen molar-refractivity contribution >= 4 is 17.5 Å². The molecule has 27 heavy (non-hydrogen) atoms. The fourth-order valence-electron chi connectivity index (χ4n) is 2.93. The van der Waals surface area contributed by atoms with Gasteiger partial charge in [0.25, 0.3) is 5.91 Å². The molecule has 0 fully saturated rings. The second-order valence-electron chi connectivity index (χ2n) is 6.03. The van der Waals surface area contributed by atoms with Crippen LogP contribution in [-0.2, 0) is 4.79 Å². The number of carbonyl (C=O) groups is 1. The number of halogens is 1. The minimum atomic E-state index is -0.171. The molecule has 1 atom stereocenters. The van der Waals surface area contributed by atoms with Crippen molar-refractivity contribution in [2.24, 2.45) is 0 Å². The Labute approximate surface area is 166 Å². The van der Waals surface area contributed by atoms with Crippen LogP contribution in [0, 0.1) is 0 Å². The van der Waals surface area contributed by atoms with Gasteiger partial charge in [0.2, 0.25) is 0 Å². The zero-order valence-electron chi connectivity index (χ0n) is 16.1. The van der Waals surface area contributed by atoms with E-state index in [0.717, 1.165) is 24.4 Å². The molecule has 2 aromatic carbocycles. The highest BCUT2D eigenvalue weighted by Gasteiger charge is 2.21. The van der Waals surface area contributed by atoms with Crippen LogP contribution in [0.5, 0.6) is 11.5 Å². The van der Waals surface area contributed by atoms with E-state index in [-0.39, 0.29) is 18.6 Å². The van der Waals surface area contributed by atoms with Gasteiger partial charge in [-0.3, -0.25) is 9.69 Å². The average molecular weight is 391 g/mol. The number of carbonyl (C=O) groups excluding carboxylic acids is 1. The molecule has 5 nitrogen and oxygen atoms in total. The summed E-state index contributed by atoms with van der Waals surface area (Å²) in [5, 5.41) is 3.67. The lowest BCUT2D eigenvalue weighted by Gasteiger charge is -2.30. The second-order valence-corrected chi connectivity index (χ2v) is 6.43. The lowest BCUT2D eigenvalue weighted by molar-refractivity contribution is -0.123. The van der Waals surface area contributed by atoms with Crippen LogP contribution in [0.1, 0.15) is 25.5 Å². The molecule has 2 rings (SSSR count). The summed E-state index contributed by atoms with van der Waals surface area (Å²) in [6.45, 7) is 6.36. The van der Waals surface area contributed by atoms with Gasteiger partial charge in [0.15, 0.2) is 6.61 Å². The zero-order valence-corrected chi connectivity index (χ0v) is 16.8. The van der Waals surface area contributed by atoms with Crippen LogP contribution < -0.4 is 14.8 Å². The predicted molar refractivity (Wildman–Crippen MR) is 109 cm³/mol. The topological polar surface area (TPSA) is 50.8 Å². The van der Waals surface area contributed by atoms with Gasteiger partial charge in [-0.2, -0.15) is 0 Å². The first-order valence-electron chi connectivity index (χ1n) is 9.11. The van der Waals surface area contributed by atoms with Gasteiger partial charge in [0, 0.05) is 11.6 Å². The summed E-state index contributed by atoms with van der Waals surface area (Å²) < 4.78 is 10.6. The van der Waals surface area contributed by atoms with Crippen molar-refractivity contribution in [3.05, 3.63) is 59.1 Å². The van der Waals surface area contributed by atoms with Crippen molar-refractivity contribution in [3.63, 3.8) is 0 Å². The van der Waals surface area contributed by atoms with Crippen molar-refractivity contribution in [2.45, 2.75) is 19.9 Å². The number of methoxy groups -OCH3 is 1. The van der Waals surface area contributed by atoms with Crippen molar-refractivity contribution in [1.82, 2.24) is 10.2 Å². The number of ether oxygens (including phenoxy) is 2. The first kappa shape index (κ1) is 21.1. The van der Waals surface area contributed by atoms with E-state index in [0.29, 0.717) is 17.3 Å². The molecule has 0 unspecified atom stereocenters. The molecule has 1 amide bonds. The van der Waals surface area contributed by atoms with Crippen molar-refractivity contribution in [3.8, 4) is 11.5 Å². The molecule has 6 heteroatoms. The monoisotopic (exact) mass is 390 g/mol. The summed E-state index contributed by atoms with van der Waals surface area (Å²) in [5.41, 5.74) is 1.01. The highest BCUT2D eigenvalue weighted by Crippen LogP contribution is 2.27. The highest BCUT2D eigenvalue weighted by molar-refractivity contribution is 6.31. The first-order chi connectivity index (χ1) is 13.1. The Hall–Kier alpha value is -2.24. The van der Waals surface area contributed by atoms with Crippen LogP contribution >= 0.6 is 11.6 Å². The van der Waals surface area contributed by atoms with Crippen LogP contribution in [-0.4, -0.2) is 44.2 Å². The Kier molecular flexibility index (Phi) is 8.43. The van der Waals surface area contributed by atoms with E-state index in [2.05, 4.69) is 24.1 Å². The Morgan fingerprint density at radius 3 is 2.30 bits per heavy atom. The normalized spacial score (nSPS) is 11.9. The maximum atomic E-state index is 12.2. The van der Waals surface area contributed by atoms with Gasteiger partial charge < -0.3 is 14.8 Å². The Morgan fingerprint density at radius 1 is 1.07 bits per heavy atom. The third kappa shape index (κ3) is 6.15. The molecule has 2 aromatic rings. The summed E-state index contributed by atoms with van der Waals surface area (Å²) in [6, 6.07) is 14.9. The molecule has 0 aliphatic rings. The molecule has 0 aliphatic carbocycles. The molecule has 0 aromatic heterocycles. The zero-order chi connectivity index (χ0) is 19.6. The minimum absolute atomic E-state index is 0.0126. The maximum Gasteiger partial charge on any atom is 0.258 e. The van der Waals surface area contributed by atoms with Gasteiger partial charge in [-0.15, -0.1) is 0 Å². The van der Waals surface area contributed by atoms with E-state index in [9.17, 15) is 4.79 Å². The van der Waals surface area contributed by atoms with Crippen LogP contribution in [0.2, 0.25) is 5.02 Å². The second kappa shape index (κ2) is 10.8. The Bertz CT molecular complexity index is 718. The smallest absolute Gasteiger partial charge is 0.258 e. The van der Waals surface area contributed by atoms with E-state index < -0.39 is 0 Å². The number of nitrogens with zero attached hydrogens (tertiary/aromatic N) is 1. The van der Waals surface area contributed by atoms with Gasteiger partial charge in [0.05, 0.1) is 13.2 Å². The number of benzene rings is 2. The van der Waals surface area contributed by atoms with Gasteiger partial charge in [0.1, 0.15) is 11.5 Å². The predicted octanol–water partition coefficient (Wildman–Crippen LogP) is 3.93. The Balaban J connectivity index is 1.95. The molecule has 0 heterocycles. The third-order valence-electron chi connectivity index (χ3n) is 4.44. The summed E-state index contributed by atoms with van der Waals surface area (Å²) in [4.78, 5) is 14.5. The van der Waals surface area contributed by atoms with E-state index in [1.807, 2.05) is 24.3 Å². The summed E-state index contributed by atoms with van der Waals surface area (Å²) in [7, 11) is 1.61. The van der Waals surface area contributed by atoms with E-state index in [4.69, 9.17) is 21.1 Å². The lowest BCUT2D eigenvalue weighted by atomic mass is 10.0. The minimum Gasteiger partial charge on any atom is -0.497 e. The van der Waals surface area contributed by atoms with E-state index in [1.54, 1.807) is 31.4 Å². The lowest BCUT2D eigenvalue weighted by Crippen LogP contribution is -2.39. The van der Waals surface area contributed by atoms with Gasteiger partial charge >= 0.3 is 0 Å². The number of nitrogens with one attached hydrogen (secondary N) is 1. The molecule has 0 saturated carbocycles. The fourth-order valence-corrected chi connectivity index (χ4v) is 3.19. The summed E-state index contributed by atoms with van der Waals surface area (Å²) in [5.74, 6) is 1.20. The molecule has 0 saturated heterocycles. The van der Waals surface area contributed by atoms with Crippen LogP contribution in [0.3, 0.4) is 0 Å². The molecule has 0 bridgehead atoms. The van der Waals surface area contributed by atoms with E-state index in [1.165, 1.54) is 0 Å². The maximum absolute atomic E-state index is 12.2. The number of rotatable bonds is 10. The van der Waals surface area contributed by atoms with Crippen molar-refractivity contribution in [1.29, 1.82) is 0 Å². The number of amides is 1. The number of hydrogen-bond acceptors (Lipinski definition) is 4. The molecular formula is C21H27ClN2O3. The fraction of sp³-hybridized carbons (Fsp3) is 0.381. The molecule has 146 valence electrons. The molecule has 0 aliphatic heterocycles. The molecular weight excluding hydrogens is 364 g/mol. The summed E-state index contributed by atoms with van der Waals surface area (Å²) >= 11 is 6.38. The van der Waals surface area contributed by atoms with Gasteiger partial charge in [-0.05, 0) is 49.0 Å². The van der Waals surface area contributed by atoms with Gasteiger partial charge in [-0.1, -0.05) is 43.6 Å². The van der Waals surface area contributed by atoms with Crippen LogP contribution in [0.15, 0.2) is 48.5 Å². The number of hydrogen-bond donors (Lipinski definition) is 1. The standard InChI is InChI=1S/C21H27ClN2O3/c1-4-24(5-2)20(18-8-6-7-9-19(18)22)14-23-21(25)15-27-17-12-10-16(26-3)11-13-17/h6-13,20H,4-5,14-15H2,1-3H3,(H,23,25)/t20-/m1/s1. The largest absolute Gasteiger partial charge is 0.497 e. The summed E-state index contributed by atoms with van der Waals surface area (Å²) in [6.07, 6.45) is 0. The third-order valence-corrected chi connectivity index (χ3v) is 4.78.